The molecule has 0 saturated heterocycles. The zero-order valence-electron chi connectivity index (χ0n) is 21.0. The average molecular weight is 524 g/mol. The molecule has 0 saturated carbocycles. The zero-order valence-corrected chi connectivity index (χ0v) is 21.0. The number of carbonyl (C=O) groups is 1. The number of rotatable bonds is 7. The van der Waals surface area contributed by atoms with Crippen LogP contribution in [0.25, 0.3) is 45.3 Å². The van der Waals surface area contributed by atoms with E-state index in [0.29, 0.717) is 34.0 Å². The number of pyridine rings is 1. The molecule has 0 spiro atoms. The van der Waals surface area contributed by atoms with Crippen LogP contribution in [-0.4, -0.2) is 57.1 Å². The Morgan fingerprint density at radius 1 is 0.897 bits per heavy atom. The molecule has 0 radical (unpaired) electrons. The van der Waals surface area contributed by atoms with Crippen molar-refractivity contribution in [2.24, 2.45) is 0 Å². The normalized spacial score (nSPS) is 11.1. The fourth-order valence-electron chi connectivity index (χ4n) is 4.27. The molecule has 4 aromatic heterocycles. The first kappa shape index (κ1) is 23.9. The van der Waals surface area contributed by atoms with Gasteiger partial charge in [-0.15, -0.1) is 10.2 Å². The molecule has 0 unspecified atom stereocenters. The molecule has 0 N–H and O–H groups in total. The summed E-state index contributed by atoms with van der Waals surface area (Å²) in [6, 6.07) is 14.2. The van der Waals surface area contributed by atoms with Crippen LogP contribution in [0.5, 0.6) is 17.2 Å². The second-order valence-electron chi connectivity index (χ2n) is 8.25. The number of hydrogen-bond acceptors (Lipinski definition) is 11. The number of nitrogens with zero attached hydrogens (tertiary/aromatic N) is 6. The summed E-state index contributed by atoms with van der Waals surface area (Å²) in [5.74, 6) is 1.27. The van der Waals surface area contributed by atoms with Crippen LogP contribution in [0.3, 0.4) is 0 Å². The van der Waals surface area contributed by atoms with Crippen molar-refractivity contribution < 1.29 is 27.9 Å². The van der Waals surface area contributed by atoms with Crippen LogP contribution in [0.15, 0.2) is 76.3 Å². The number of benzene rings is 2. The zero-order chi connectivity index (χ0) is 26.9. The quantitative estimate of drug-likeness (QED) is 0.291. The van der Waals surface area contributed by atoms with Gasteiger partial charge in [-0.3, -0.25) is 14.3 Å². The van der Waals surface area contributed by atoms with Gasteiger partial charge in [-0.2, -0.15) is 0 Å². The summed E-state index contributed by atoms with van der Waals surface area (Å²) in [6.45, 7) is 0. The largest absolute Gasteiger partial charge is 0.493 e. The molecule has 0 fully saturated rings. The van der Waals surface area contributed by atoms with Gasteiger partial charge in [0, 0.05) is 24.0 Å². The van der Waals surface area contributed by atoms with Gasteiger partial charge in [-0.05, 0) is 47.5 Å². The first-order chi connectivity index (χ1) is 19.1. The van der Waals surface area contributed by atoms with Crippen LogP contribution in [-0.2, 0) is 0 Å². The topological polar surface area (TPSA) is 140 Å². The average Bonchev–Trinajstić information content (AvgIpc) is 3.75. The molecule has 39 heavy (non-hydrogen) atoms. The predicted octanol–water partition coefficient (Wildman–Crippen LogP) is 4.52. The SMILES string of the molecule is COc1cc(C(=O)n2c(-c3cc(-c4nnco4)no3)nc3cc(-c4ccncc4)ccc32)cc(OC)c1OC. The van der Waals surface area contributed by atoms with Crippen LogP contribution in [0.2, 0.25) is 0 Å². The lowest BCUT2D eigenvalue weighted by molar-refractivity contribution is 0.0964. The van der Waals surface area contributed by atoms with E-state index >= 15 is 0 Å². The summed E-state index contributed by atoms with van der Waals surface area (Å²) in [4.78, 5) is 23.0. The summed E-state index contributed by atoms with van der Waals surface area (Å²) >= 11 is 0. The first-order valence-corrected chi connectivity index (χ1v) is 11.6. The van der Waals surface area contributed by atoms with Gasteiger partial charge in [0.25, 0.3) is 11.8 Å². The van der Waals surface area contributed by atoms with Crippen LogP contribution < -0.4 is 14.2 Å². The van der Waals surface area contributed by atoms with Gasteiger partial charge in [-0.1, -0.05) is 11.2 Å². The van der Waals surface area contributed by atoms with Gasteiger partial charge in [0.2, 0.25) is 17.9 Å². The Kier molecular flexibility index (Phi) is 5.96. The van der Waals surface area contributed by atoms with E-state index < -0.39 is 5.91 Å². The van der Waals surface area contributed by atoms with E-state index in [1.54, 1.807) is 30.6 Å². The smallest absolute Gasteiger partial charge is 0.269 e. The maximum Gasteiger partial charge on any atom is 0.269 e. The molecule has 194 valence electrons. The first-order valence-electron chi connectivity index (χ1n) is 11.6. The third-order valence-corrected chi connectivity index (χ3v) is 6.09. The minimum Gasteiger partial charge on any atom is -0.493 e. The van der Waals surface area contributed by atoms with Crippen LogP contribution >= 0.6 is 0 Å². The second kappa shape index (κ2) is 9.74. The maximum absolute atomic E-state index is 14.1. The van der Waals surface area contributed by atoms with Gasteiger partial charge in [-0.25, -0.2) is 4.98 Å². The number of hydrogen-bond donors (Lipinski definition) is 0. The van der Waals surface area contributed by atoms with Crippen molar-refractivity contribution >= 4 is 16.9 Å². The fourth-order valence-corrected chi connectivity index (χ4v) is 4.27. The van der Waals surface area contributed by atoms with Crippen molar-refractivity contribution in [1.82, 2.24) is 29.9 Å². The molecule has 12 nitrogen and oxygen atoms in total. The van der Waals surface area contributed by atoms with Crippen molar-refractivity contribution in [3.8, 4) is 51.5 Å². The van der Waals surface area contributed by atoms with E-state index in [1.165, 1.54) is 32.3 Å². The van der Waals surface area contributed by atoms with E-state index in [2.05, 4.69) is 20.3 Å². The minimum absolute atomic E-state index is 0.170. The molecular weight excluding hydrogens is 504 g/mol. The van der Waals surface area contributed by atoms with Crippen LogP contribution in [0, 0.1) is 0 Å². The third-order valence-electron chi connectivity index (χ3n) is 6.09. The Labute approximate surface area is 220 Å². The van der Waals surface area contributed by atoms with Crippen molar-refractivity contribution in [2.75, 3.05) is 21.3 Å². The van der Waals surface area contributed by atoms with Gasteiger partial charge >= 0.3 is 0 Å². The van der Waals surface area contributed by atoms with Gasteiger partial charge in [0.1, 0.15) is 0 Å². The van der Waals surface area contributed by atoms with E-state index in [9.17, 15) is 4.79 Å². The molecule has 4 heterocycles. The highest BCUT2D eigenvalue weighted by Crippen LogP contribution is 2.39. The molecule has 6 aromatic rings. The van der Waals surface area contributed by atoms with Gasteiger partial charge in [0.15, 0.2) is 23.0 Å². The number of imidazole rings is 1. The highest BCUT2D eigenvalue weighted by Gasteiger charge is 2.26. The van der Waals surface area contributed by atoms with E-state index in [-0.39, 0.29) is 23.0 Å². The van der Waals surface area contributed by atoms with Crippen LogP contribution in [0.4, 0.5) is 0 Å². The Morgan fingerprint density at radius 2 is 1.67 bits per heavy atom. The molecule has 2 aromatic carbocycles. The van der Waals surface area contributed by atoms with Crippen molar-refractivity contribution in [2.45, 2.75) is 0 Å². The minimum atomic E-state index is -0.404. The highest BCUT2D eigenvalue weighted by atomic mass is 16.5. The van der Waals surface area contributed by atoms with Crippen molar-refractivity contribution in [3.05, 3.63) is 72.9 Å². The molecular formula is C27H20N6O6. The van der Waals surface area contributed by atoms with E-state index in [4.69, 9.17) is 28.1 Å². The summed E-state index contributed by atoms with van der Waals surface area (Å²) in [7, 11) is 4.46. The molecule has 12 heteroatoms. The number of ether oxygens (including phenoxy) is 3. The highest BCUT2D eigenvalue weighted by molar-refractivity contribution is 6.05. The molecule has 0 bridgehead atoms. The predicted molar refractivity (Wildman–Crippen MR) is 138 cm³/mol. The Morgan fingerprint density at radius 3 is 2.33 bits per heavy atom. The maximum atomic E-state index is 14.1. The molecule has 0 aliphatic heterocycles. The standard InChI is InChI=1S/C27H20N6O6/c1-35-21-11-17(12-22(36-2)24(21)37-3)27(34)33-20-5-4-16(15-6-8-28-9-7-15)10-18(20)30-25(33)23-13-19(32-39-23)26-31-29-14-38-26/h4-14H,1-3H3. The number of aromatic nitrogens is 6. The Balaban J connectivity index is 1.55. The van der Waals surface area contributed by atoms with E-state index in [1.807, 2.05) is 30.3 Å². The molecule has 0 aliphatic rings. The summed E-state index contributed by atoms with van der Waals surface area (Å²) in [5.41, 5.74) is 3.56. The van der Waals surface area contributed by atoms with Gasteiger partial charge < -0.3 is 23.2 Å². The molecule has 0 atom stereocenters. The van der Waals surface area contributed by atoms with Gasteiger partial charge in [0.05, 0.1) is 32.4 Å². The number of methoxy groups -OCH3 is 3. The lowest BCUT2D eigenvalue weighted by atomic mass is 10.1. The molecule has 0 aliphatic carbocycles. The Bertz CT molecular complexity index is 1770. The fraction of sp³-hybridized carbons (Fsp3) is 0.111. The number of fused-ring (bicyclic) bond motifs is 1. The van der Waals surface area contributed by atoms with Crippen LogP contribution in [0.1, 0.15) is 10.4 Å². The third kappa shape index (κ3) is 4.13. The summed E-state index contributed by atoms with van der Waals surface area (Å²) in [5, 5.41) is 11.6. The lowest BCUT2D eigenvalue weighted by Crippen LogP contribution is -2.14. The summed E-state index contributed by atoms with van der Waals surface area (Å²) in [6.07, 6.45) is 4.61. The van der Waals surface area contributed by atoms with Crippen molar-refractivity contribution in [1.29, 1.82) is 0 Å². The lowest BCUT2D eigenvalue weighted by Gasteiger charge is -2.14. The Hall–Kier alpha value is -5.52. The monoisotopic (exact) mass is 524 g/mol. The summed E-state index contributed by atoms with van der Waals surface area (Å²) < 4.78 is 28.6. The number of carbonyl (C=O) groups excluding carboxylic acids is 1. The van der Waals surface area contributed by atoms with Crippen molar-refractivity contribution in [3.63, 3.8) is 0 Å². The molecule has 6 rings (SSSR count). The second-order valence-corrected chi connectivity index (χ2v) is 8.25. The van der Waals surface area contributed by atoms with E-state index in [0.717, 1.165) is 11.1 Å². The molecule has 0 amide bonds.